The van der Waals surface area contributed by atoms with E-state index in [4.69, 9.17) is 16.0 Å². The fourth-order valence-electron chi connectivity index (χ4n) is 2.41. The van der Waals surface area contributed by atoms with Gasteiger partial charge in [0.15, 0.2) is 0 Å². The van der Waals surface area contributed by atoms with Crippen LogP contribution in [0.25, 0.3) is 23.0 Å². The minimum atomic E-state index is -0.386. The zero-order valence-corrected chi connectivity index (χ0v) is 13.6. The Bertz CT molecular complexity index is 966. The highest BCUT2D eigenvalue weighted by Crippen LogP contribution is 2.29. The monoisotopic (exact) mass is 337 g/mol. The Balaban J connectivity index is 1.98. The van der Waals surface area contributed by atoms with Crippen molar-refractivity contribution in [1.29, 1.82) is 5.26 Å². The van der Waals surface area contributed by atoms with Gasteiger partial charge in [0.1, 0.15) is 17.3 Å². The molecule has 0 amide bonds. The minimum Gasteiger partial charge on any atom is -0.457 e. The lowest BCUT2D eigenvalue weighted by Crippen LogP contribution is -1.83. The van der Waals surface area contributed by atoms with E-state index in [0.717, 1.165) is 11.1 Å². The largest absolute Gasteiger partial charge is 0.457 e. The van der Waals surface area contributed by atoms with Gasteiger partial charge >= 0.3 is 0 Å². The van der Waals surface area contributed by atoms with Crippen molar-refractivity contribution in [3.05, 3.63) is 82.3 Å². The summed E-state index contributed by atoms with van der Waals surface area (Å²) in [6.07, 6.45) is 1.60. The van der Waals surface area contributed by atoms with Crippen molar-refractivity contribution in [3.8, 4) is 17.4 Å². The molecular formula is C20H13ClFNO. The fraction of sp³-hybridized carbons (Fsp3) is 0.0500. The van der Waals surface area contributed by atoms with Gasteiger partial charge in [0.05, 0.1) is 11.6 Å². The van der Waals surface area contributed by atoms with Crippen molar-refractivity contribution in [1.82, 2.24) is 0 Å². The highest BCUT2D eigenvalue weighted by molar-refractivity contribution is 6.30. The smallest absolute Gasteiger partial charge is 0.135 e. The number of allylic oxidation sites excluding steroid dienone is 1. The van der Waals surface area contributed by atoms with Gasteiger partial charge in [-0.25, -0.2) is 4.39 Å². The van der Waals surface area contributed by atoms with Crippen molar-refractivity contribution < 1.29 is 8.81 Å². The Hall–Kier alpha value is -2.83. The molecule has 1 aromatic heterocycles. The Kier molecular flexibility index (Phi) is 4.50. The molecule has 3 aromatic rings. The topological polar surface area (TPSA) is 36.9 Å². The van der Waals surface area contributed by atoms with E-state index in [9.17, 15) is 9.65 Å². The van der Waals surface area contributed by atoms with Crippen LogP contribution in [0.3, 0.4) is 0 Å². The van der Waals surface area contributed by atoms with Crippen LogP contribution in [0.1, 0.15) is 16.9 Å². The maximum absolute atomic E-state index is 13.3. The summed E-state index contributed by atoms with van der Waals surface area (Å²) in [6.45, 7) is 1.97. The molecule has 2 aromatic carbocycles. The van der Waals surface area contributed by atoms with E-state index in [1.165, 1.54) is 12.1 Å². The lowest BCUT2D eigenvalue weighted by Gasteiger charge is -2.03. The van der Waals surface area contributed by atoms with Gasteiger partial charge < -0.3 is 4.42 Å². The van der Waals surface area contributed by atoms with Crippen molar-refractivity contribution in [3.63, 3.8) is 0 Å². The Labute approximate surface area is 144 Å². The van der Waals surface area contributed by atoms with E-state index in [1.54, 1.807) is 24.3 Å². The average Bonchev–Trinajstić information content (AvgIpc) is 3.03. The maximum atomic E-state index is 13.3. The molecular weight excluding hydrogens is 325 g/mol. The van der Waals surface area contributed by atoms with Gasteiger partial charge in [-0.15, -0.1) is 0 Å². The third kappa shape index (κ3) is 3.40. The van der Waals surface area contributed by atoms with Crippen molar-refractivity contribution in [2.24, 2.45) is 0 Å². The van der Waals surface area contributed by atoms with Crippen molar-refractivity contribution in [2.45, 2.75) is 6.92 Å². The zero-order chi connectivity index (χ0) is 17.1. The summed E-state index contributed by atoms with van der Waals surface area (Å²) in [4.78, 5) is 0. The lowest BCUT2D eigenvalue weighted by atomic mass is 10.1. The summed E-state index contributed by atoms with van der Waals surface area (Å²) in [5.41, 5.74) is 2.77. The number of halogens is 2. The van der Waals surface area contributed by atoms with Crippen LogP contribution in [-0.2, 0) is 0 Å². The zero-order valence-electron chi connectivity index (χ0n) is 12.9. The quantitative estimate of drug-likeness (QED) is 0.540. The van der Waals surface area contributed by atoms with E-state index in [-0.39, 0.29) is 5.82 Å². The van der Waals surface area contributed by atoms with Crippen LogP contribution in [0.15, 0.2) is 59.0 Å². The van der Waals surface area contributed by atoms with Crippen LogP contribution in [0, 0.1) is 24.1 Å². The molecule has 0 N–H and O–H groups in total. The van der Waals surface area contributed by atoms with E-state index in [2.05, 4.69) is 6.07 Å². The third-order valence-electron chi connectivity index (χ3n) is 3.63. The van der Waals surface area contributed by atoms with Gasteiger partial charge in [0.2, 0.25) is 0 Å². The SMILES string of the molecule is Cc1ccc(Cl)cc1-c1ccc(/C=C(/C#N)c2cccc(F)c2)o1. The number of nitriles is 1. The number of nitrogens with zero attached hydrogens (tertiary/aromatic N) is 1. The third-order valence-corrected chi connectivity index (χ3v) is 3.87. The van der Waals surface area contributed by atoms with Crippen LogP contribution in [0.2, 0.25) is 5.02 Å². The molecule has 0 saturated carbocycles. The summed E-state index contributed by atoms with van der Waals surface area (Å²) in [6, 6.07) is 17.2. The first-order valence-electron chi connectivity index (χ1n) is 7.31. The second-order valence-corrected chi connectivity index (χ2v) is 5.78. The molecule has 0 atom stereocenters. The Morgan fingerprint density at radius 1 is 1.17 bits per heavy atom. The number of furan rings is 1. The number of hydrogen-bond acceptors (Lipinski definition) is 2. The normalized spacial score (nSPS) is 11.3. The molecule has 0 aliphatic carbocycles. The Morgan fingerprint density at radius 2 is 2.00 bits per heavy atom. The molecule has 0 aliphatic heterocycles. The van der Waals surface area contributed by atoms with E-state index in [0.29, 0.717) is 27.7 Å². The van der Waals surface area contributed by atoms with Gasteiger partial charge in [-0.3, -0.25) is 0 Å². The van der Waals surface area contributed by atoms with Crippen LogP contribution in [-0.4, -0.2) is 0 Å². The van der Waals surface area contributed by atoms with Crippen LogP contribution in [0.5, 0.6) is 0 Å². The maximum Gasteiger partial charge on any atom is 0.135 e. The van der Waals surface area contributed by atoms with Crippen LogP contribution in [0.4, 0.5) is 4.39 Å². The molecule has 118 valence electrons. The summed E-state index contributed by atoms with van der Waals surface area (Å²) in [5, 5.41) is 9.96. The number of rotatable bonds is 3. The molecule has 0 bridgehead atoms. The standard InChI is InChI=1S/C20H13ClFNO/c1-13-5-6-16(21)11-19(13)20-8-7-18(24-20)10-15(12-23)14-3-2-4-17(22)9-14/h2-11H,1H3/b15-10-. The van der Waals surface area contributed by atoms with E-state index in [1.807, 2.05) is 31.2 Å². The first-order chi connectivity index (χ1) is 11.6. The number of aryl methyl sites for hydroxylation is 1. The van der Waals surface area contributed by atoms with Gasteiger partial charge in [-0.1, -0.05) is 29.8 Å². The molecule has 0 unspecified atom stereocenters. The highest BCUT2D eigenvalue weighted by atomic mass is 35.5. The molecule has 4 heteroatoms. The first-order valence-corrected chi connectivity index (χ1v) is 7.69. The average molecular weight is 338 g/mol. The summed E-state index contributed by atoms with van der Waals surface area (Å²) in [7, 11) is 0. The van der Waals surface area contributed by atoms with E-state index >= 15 is 0 Å². The molecule has 3 rings (SSSR count). The molecule has 1 heterocycles. The number of benzene rings is 2. The molecule has 24 heavy (non-hydrogen) atoms. The molecule has 2 nitrogen and oxygen atoms in total. The van der Waals surface area contributed by atoms with E-state index < -0.39 is 0 Å². The molecule has 0 spiro atoms. The minimum absolute atomic E-state index is 0.332. The molecule has 0 saturated heterocycles. The molecule has 0 radical (unpaired) electrons. The lowest BCUT2D eigenvalue weighted by molar-refractivity contribution is 0.571. The predicted molar refractivity (Wildman–Crippen MR) is 93.8 cm³/mol. The van der Waals surface area contributed by atoms with Gasteiger partial charge in [-0.2, -0.15) is 5.26 Å². The Morgan fingerprint density at radius 3 is 2.75 bits per heavy atom. The number of hydrogen-bond donors (Lipinski definition) is 0. The first kappa shape index (κ1) is 16.0. The second kappa shape index (κ2) is 6.74. The van der Waals surface area contributed by atoms with Gasteiger partial charge in [0, 0.05) is 10.6 Å². The van der Waals surface area contributed by atoms with Crippen molar-refractivity contribution >= 4 is 23.3 Å². The fourth-order valence-corrected chi connectivity index (χ4v) is 2.59. The summed E-state index contributed by atoms with van der Waals surface area (Å²) < 4.78 is 19.1. The van der Waals surface area contributed by atoms with Crippen molar-refractivity contribution in [2.75, 3.05) is 0 Å². The second-order valence-electron chi connectivity index (χ2n) is 5.34. The van der Waals surface area contributed by atoms with Crippen LogP contribution >= 0.6 is 11.6 Å². The summed E-state index contributed by atoms with van der Waals surface area (Å²) in [5.74, 6) is 0.798. The summed E-state index contributed by atoms with van der Waals surface area (Å²) >= 11 is 6.04. The van der Waals surface area contributed by atoms with Gasteiger partial charge in [-0.05, 0) is 60.5 Å². The highest BCUT2D eigenvalue weighted by Gasteiger charge is 2.09. The molecule has 0 fully saturated rings. The van der Waals surface area contributed by atoms with Gasteiger partial charge in [0.25, 0.3) is 0 Å². The predicted octanol–water partition coefficient (Wildman–Crippen LogP) is 6.11. The van der Waals surface area contributed by atoms with Crippen LogP contribution < -0.4 is 0 Å². The molecule has 0 aliphatic rings.